The highest BCUT2D eigenvalue weighted by Gasteiger charge is 2.13. The predicted molar refractivity (Wildman–Crippen MR) is 83.1 cm³/mol. The summed E-state index contributed by atoms with van der Waals surface area (Å²) in [6.45, 7) is 4.29. The van der Waals surface area contributed by atoms with Crippen LogP contribution in [-0.2, 0) is 12.9 Å². The third-order valence-electron chi connectivity index (χ3n) is 3.02. The minimum atomic E-state index is -0.190. The Labute approximate surface area is 128 Å². The Morgan fingerprint density at radius 2 is 2.24 bits per heavy atom. The lowest BCUT2D eigenvalue weighted by molar-refractivity contribution is 0.102. The van der Waals surface area contributed by atoms with E-state index in [0.29, 0.717) is 29.4 Å². The summed E-state index contributed by atoms with van der Waals surface area (Å²) in [7, 11) is 1.78. The van der Waals surface area contributed by atoms with Gasteiger partial charge in [0.25, 0.3) is 5.91 Å². The van der Waals surface area contributed by atoms with Gasteiger partial charge in [-0.25, -0.2) is 0 Å². The molecule has 1 N–H and O–H groups in total. The topological polar surface area (TPSA) is 56.1 Å². The van der Waals surface area contributed by atoms with Crippen molar-refractivity contribution >= 4 is 23.2 Å². The molecule has 0 saturated heterocycles. The minimum absolute atomic E-state index is 0.190. The smallest absolute Gasteiger partial charge is 0.259 e. The fourth-order valence-corrected chi connectivity index (χ4v) is 2.29. The second kappa shape index (κ2) is 6.63. The Hall–Kier alpha value is -2.01. The van der Waals surface area contributed by atoms with Gasteiger partial charge in [0.1, 0.15) is 5.75 Å². The fraction of sp³-hybridized carbons (Fsp3) is 0.333. The van der Waals surface area contributed by atoms with Crippen molar-refractivity contribution < 1.29 is 9.53 Å². The Morgan fingerprint density at radius 1 is 1.48 bits per heavy atom. The molecular weight excluding hydrogens is 290 g/mol. The first-order chi connectivity index (χ1) is 10.0. The first-order valence-electron chi connectivity index (χ1n) is 6.68. The van der Waals surface area contributed by atoms with Crippen molar-refractivity contribution in [3.63, 3.8) is 0 Å². The molecule has 0 atom stereocenters. The third kappa shape index (κ3) is 3.55. The van der Waals surface area contributed by atoms with Crippen LogP contribution in [0.1, 0.15) is 28.5 Å². The number of rotatable bonds is 5. The lowest BCUT2D eigenvalue weighted by atomic mass is 10.2. The number of ether oxygens (including phenoxy) is 1. The molecule has 0 aliphatic carbocycles. The van der Waals surface area contributed by atoms with Crippen LogP contribution >= 0.6 is 11.6 Å². The number of benzene rings is 1. The molecule has 1 aromatic carbocycles. The molecule has 0 aliphatic heterocycles. The summed E-state index contributed by atoms with van der Waals surface area (Å²) in [6, 6.07) is 5.43. The molecule has 1 amide bonds. The van der Waals surface area contributed by atoms with Gasteiger partial charge in [0.05, 0.1) is 23.7 Å². The summed E-state index contributed by atoms with van der Waals surface area (Å²) >= 11 is 5.92. The van der Waals surface area contributed by atoms with Crippen molar-refractivity contribution in [2.45, 2.75) is 19.7 Å². The van der Waals surface area contributed by atoms with Crippen LogP contribution in [0.2, 0.25) is 0 Å². The van der Waals surface area contributed by atoms with Crippen molar-refractivity contribution in [3.05, 3.63) is 41.2 Å². The van der Waals surface area contributed by atoms with Crippen molar-refractivity contribution in [1.82, 2.24) is 9.78 Å². The summed E-state index contributed by atoms with van der Waals surface area (Å²) in [5.74, 6) is 0.874. The maximum absolute atomic E-state index is 12.2. The molecule has 0 bridgehead atoms. The number of aryl methyl sites for hydroxylation is 2. The zero-order valence-electron chi connectivity index (χ0n) is 12.3. The lowest BCUT2D eigenvalue weighted by Gasteiger charge is -2.11. The van der Waals surface area contributed by atoms with Crippen molar-refractivity contribution in [2.75, 3.05) is 11.9 Å². The normalized spacial score (nSPS) is 10.5. The van der Waals surface area contributed by atoms with E-state index >= 15 is 0 Å². The second-order valence-corrected chi connectivity index (χ2v) is 4.91. The summed E-state index contributed by atoms with van der Waals surface area (Å²) in [4.78, 5) is 12.2. The summed E-state index contributed by atoms with van der Waals surface area (Å²) < 4.78 is 7.10. The first-order valence-corrected chi connectivity index (χ1v) is 7.22. The van der Waals surface area contributed by atoms with Gasteiger partial charge < -0.3 is 10.1 Å². The van der Waals surface area contributed by atoms with Gasteiger partial charge in [-0.15, -0.1) is 11.6 Å². The van der Waals surface area contributed by atoms with Gasteiger partial charge >= 0.3 is 0 Å². The highest BCUT2D eigenvalue weighted by molar-refractivity contribution is 6.17. The van der Waals surface area contributed by atoms with E-state index in [1.165, 1.54) is 0 Å². The van der Waals surface area contributed by atoms with Gasteiger partial charge in [-0.1, -0.05) is 0 Å². The molecular formula is C15H18ClN3O2. The summed E-state index contributed by atoms with van der Waals surface area (Å²) in [5.41, 5.74) is 2.78. The zero-order valence-corrected chi connectivity index (χ0v) is 13.1. The van der Waals surface area contributed by atoms with Crippen LogP contribution in [0.4, 0.5) is 5.69 Å². The van der Waals surface area contributed by atoms with Gasteiger partial charge in [-0.3, -0.25) is 9.48 Å². The van der Waals surface area contributed by atoms with E-state index in [1.807, 2.05) is 19.1 Å². The molecule has 0 spiro atoms. The molecule has 0 radical (unpaired) electrons. The molecule has 1 aromatic heterocycles. The van der Waals surface area contributed by atoms with Crippen molar-refractivity contribution in [1.29, 1.82) is 0 Å². The van der Waals surface area contributed by atoms with E-state index in [0.717, 1.165) is 11.3 Å². The van der Waals surface area contributed by atoms with E-state index in [1.54, 1.807) is 30.9 Å². The summed E-state index contributed by atoms with van der Waals surface area (Å²) in [5, 5.41) is 7.01. The molecule has 0 unspecified atom stereocenters. The van der Waals surface area contributed by atoms with Crippen LogP contribution < -0.4 is 10.1 Å². The number of aromatic nitrogens is 2. The Kier molecular flexibility index (Phi) is 4.85. The molecule has 6 heteroatoms. The van der Waals surface area contributed by atoms with E-state index in [2.05, 4.69) is 10.4 Å². The zero-order chi connectivity index (χ0) is 15.4. The van der Waals surface area contributed by atoms with Crippen LogP contribution in [0, 0.1) is 6.92 Å². The number of anilines is 1. The molecule has 2 aromatic rings. The Bertz CT molecular complexity index is 652. The molecule has 1 heterocycles. The van der Waals surface area contributed by atoms with Gasteiger partial charge in [-0.05, 0) is 32.0 Å². The van der Waals surface area contributed by atoms with Crippen molar-refractivity contribution in [2.24, 2.45) is 7.05 Å². The minimum Gasteiger partial charge on any atom is -0.494 e. The Balaban J connectivity index is 2.19. The van der Waals surface area contributed by atoms with Gasteiger partial charge in [-0.2, -0.15) is 5.10 Å². The third-order valence-corrected chi connectivity index (χ3v) is 3.31. The standard InChI is InChI=1S/C15H18ClN3O2/c1-4-21-14-6-5-12(7-11(14)8-16)17-15(20)13-9-19(3)18-10(13)2/h5-7,9H,4,8H2,1-3H3,(H,17,20). The predicted octanol–water partition coefficient (Wildman–Crippen LogP) is 3.12. The van der Waals surface area contributed by atoms with Gasteiger partial charge in [0, 0.05) is 24.5 Å². The number of halogens is 1. The molecule has 0 saturated carbocycles. The quantitative estimate of drug-likeness (QED) is 0.864. The van der Waals surface area contributed by atoms with Crippen molar-refractivity contribution in [3.8, 4) is 5.75 Å². The SMILES string of the molecule is CCOc1ccc(NC(=O)c2cn(C)nc2C)cc1CCl. The van der Waals surface area contributed by atoms with E-state index in [9.17, 15) is 4.79 Å². The number of carbonyl (C=O) groups is 1. The van der Waals surface area contributed by atoms with Crippen LogP contribution in [0.25, 0.3) is 0 Å². The highest BCUT2D eigenvalue weighted by Crippen LogP contribution is 2.25. The van der Waals surface area contributed by atoms with Crippen LogP contribution in [0.15, 0.2) is 24.4 Å². The maximum atomic E-state index is 12.2. The number of carbonyl (C=O) groups excluding carboxylic acids is 1. The molecule has 0 fully saturated rings. The molecule has 2 rings (SSSR count). The molecule has 21 heavy (non-hydrogen) atoms. The van der Waals surface area contributed by atoms with E-state index < -0.39 is 0 Å². The monoisotopic (exact) mass is 307 g/mol. The largest absolute Gasteiger partial charge is 0.494 e. The average molecular weight is 308 g/mol. The highest BCUT2D eigenvalue weighted by atomic mass is 35.5. The molecule has 112 valence electrons. The van der Waals surface area contributed by atoms with Gasteiger partial charge in [0.15, 0.2) is 0 Å². The lowest BCUT2D eigenvalue weighted by Crippen LogP contribution is -2.12. The number of nitrogens with zero attached hydrogens (tertiary/aromatic N) is 2. The number of nitrogens with one attached hydrogen (secondary N) is 1. The Morgan fingerprint density at radius 3 is 2.81 bits per heavy atom. The van der Waals surface area contributed by atoms with E-state index in [-0.39, 0.29) is 5.91 Å². The van der Waals surface area contributed by atoms with Crippen LogP contribution in [0.3, 0.4) is 0 Å². The van der Waals surface area contributed by atoms with Crippen LogP contribution in [-0.4, -0.2) is 22.3 Å². The van der Waals surface area contributed by atoms with Gasteiger partial charge in [0.2, 0.25) is 0 Å². The van der Waals surface area contributed by atoms with E-state index in [4.69, 9.17) is 16.3 Å². The first kappa shape index (κ1) is 15.4. The second-order valence-electron chi connectivity index (χ2n) is 4.65. The summed E-state index contributed by atoms with van der Waals surface area (Å²) in [6.07, 6.45) is 1.70. The fourth-order valence-electron chi connectivity index (χ4n) is 2.08. The number of hydrogen-bond acceptors (Lipinski definition) is 3. The van der Waals surface area contributed by atoms with Crippen LogP contribution in [0.5, 0.6) is 5.75 Å². The number of hydrogen-bond donors (Lipinski definition) is 1. The molecule has 0 aliphatic rings. The number of alkyl halides is 1. The molecule has 5 nitrogen and oxygen atoms in total. The average Bonchev–Trinajstić information content (AvgIpc) is 2.79. The number of amides is 1. The maximum Gasteiger partial charge on any atom is 0.259 e.